The number of aliphatic hydroxyl groups is 1. The zero-order valence-corrected chi connectivity index (χ0v) is 9.63. The maximum atomic E-state index is 9.43. The molecule has 0 radical (unpaired) electrons. The molecule has 2 fully saturated rings. The Morgan fingerprint density at radius 1 is 1.47 bits per heavy atom. The molecule has 0 bridgehead atoms. The number of β-amino-alcohol motifs (C(OH)–C–C–N with tert-alkyl or cyclic N) is 1. The molecule has 94 valence electrons. The molecule has 6 nitrogen and oxygen atoms in total. The summed E-state index contributed by atoms with van der Waals surface area (Å²) in [6, 6.07) is 0.00563. The Labute approximate surface area is 99.3 Å². The van der Waals surface area contributed by atoms with E-state index < -0.39 is 0 Å². The highest BCUT2D eigenvalue weighted by atomic mass is 16.5. The fourth-order valence-corrected chi connectivity index (χ4v) is 2.40. The maximum absolute atomic E-state index is 9.43. The van der Waals surface area contributed by atoms with Gasteiger partial charge in [0.05, 0.1) is 12.1 Å². The number of hydrogen-bond acceptors (Lipinski definition) is 6. The molecule has 2 saturated heterocycles. The molecule has 3 heterocycles. The third-order valence-corrected chi connectivity index (χ3v) is 3.38. The second-order valence-electron chi connectivity index (χ2n) is 4.83. The summed E-state index contributed by atoms with van der Waals surface area (Å²) in [6.45, 7) is 2.23. The van der Waals surface area contributed by atoms with Crippen LogP contribution in [0.15, 0.2) is 4.52 Å². The van der Waals surface area contributed by atoms with Crippen molar-refractivity contribution in [2.45, 2.75) is 31.4 Å². The zero-order valence-electron chi connectivity index (χ0n) is 9.63. The van der Waals surface area contributed by atoms with Gasteiger partial charge in [0.2, 0.25) is 5.89 Å². The molecular weight excluding hydrogens is 222 g/mol. The van der Waals surface area contributed by atoms with Crippen LogP contribution >= 0.6 is 0 Å². The fourth-order valence-electron chi connectivity index (χ4n) is 2.40. The van der Waals surface area contributed by atoms with Crippen LogP contribution in [0.5, 0.6) is 0 Å². The lowest BCUT2D eigenvalue weighted by atomic mass is 10.1. The van der Waals surface area contributed by atoms with E-state index in [2.05, 4.69) is 15.5 Å². The third-order valence-electron chi connectivity index (χ3n) is 3.38. The summed E-state index contributed by atoms with van der Waals surface area (Å²) in [5.41, 5.74) is 0. The average Bonchev–Trinajstić information content (AvgIpc) is 2.99. The van der Waals surface area contributed by atoms with Crippen molar-refractivity contribution in [1.82, 2.24) is 15.5 Å². The Morgan fingerprint density at radius 3 is 3.12 bits per heavy atom. The number of aromatic nitrogens is 2. The van der Waals surface area contributed by atoms with Crippen molar-refractivity contribution >= 4 is 0 Å². The molecular formula is C11H17N3O3. The molecule has 6 heteroatoms. The van der Waals surface area contributed by atoms with Crippen molar-refractivity contribution in [2.24, 2.45) is 5.92 Å². The lowest BCUT2D eigenvalue weighted by Gasteiger charge is -2.02. The number of aliphatic hydroxyl groups excluding tert-OH is 1. The highest BCUT2D eigenvalue weighted by Gasteiger charge is 2.28. The van der Waals surface area contributed by atoms with E-state index in [0.717, 1.165) is 31.9 Å². The van der Waals surface area contributed by atoms with Gasteiger partial charge in [-0.15, -0.1) is 0 Å². The predicted octanol–water partition coefficient (Wildman–Crippen LogP) is 0.0439. The first-order chi connectivity index (χ1) is 8.31. The van der Waals surface area contributed by atoms with Gasteiger partial charge in [0.1, 0.15) is 0 Å². The monoisotopic (exact) mass is 239 g/mol. The maximum Gasteiger partial charge on any atom is 0.243 e. The SMILES string of the molecule is O[C@@H]1CN[C@@H](c2nc(CC3CCOC3)no2)C1. The van der Waals surface area contributed by atoms with Crippen molar-refractivity contribution in [3.63, 3.8) is 0 Å². The molecule has 0 aliphatic carbocycles. The van der Waals surface area contributed by atoms with Gasteiger partial charge in [0, 0.05) is 26.2 Å². The molecule has 0 spiro atoms. The van der Waals surface area contributed by atoms with Crippen LogP contribution < -0.4 is 5.32 Å². The smallest absolute Gasteiger partial charge is 0.243 e. The highest BCUT2D eigenvalue weighted by molar-refractivity contribution is 4.98. The van der Waals surface area contributed by atoms with Crippen molar-refractivity contribution in [3.8, 4) is 0 Å². The van der Waals surface area contributed by atoms with Gasteiger partial charge in [-0.25, -0.2) is 0 Å². The molecule has 0 saturated carbocycles. The predicted molar refractivity (Wildman–Crippen MR) is 58.3 cm³/mol. The summed E-state index contributed by atoms with van der Waals surface area (Å²) in [4.78, 5) is 4.38. The largest absolute Gasteiger partial charge is 0.392 e. The number of nitrogens with one attached hydrogen (secondary N) is 1. The molecule has 2 aliphatic heterocycles. The van der Waals surface area contributed by atoms with Crippen LogP contribution in [0.3, 0.4) is 0 Å². The molecule has 1 aromatic rings. The van der Waals surface area contributed by atoms with Gasteiger partial charge in [-0.05, 0) is 18.8 Å². The van der Waals surface area contributed by atoms with Crippen molar-refractivity contribution < 1.29 is 14.4 Å². The Kier molecular flexibility index (Phi) is 3.09. The Bertz CT molecular complexity index is 376. The summed E-state index contributed by atoms with van der Waals surface area (Å²) in [5.74, 6) is 1.86. The zero-order chi connectivity index (χ0) is 11.7. The van der Waals surface area contributed by atoms with E-state index in [9.17, 15) is 5.11 Å². The molecule has 3 atom stereocenters. The molecule has 3 rings (SSSR count). The van der Waals surface area contributed by atoms with E-state index in [4.69, 9.17) is 9.26 Å². The van der Waals surface area contributed by atoms with Gasteiger partial charge in [0.15, 0.2) is 5.82 Å². The minimum Gasteiger partial charge on any atom is -0.392 e. The molecule has 2 aliphatic rings. The average molecular weight is 239 g/mol. The van der Waals surface area contributed by atoms with E-state index >= 15 is 0 Å². The number of rotatable bonds is 3. The number of hydrogen-bond donors (Lipinski definition) is 2. The standard InChI is InChI=1S/C11H17N3O3/c15-8-4-9(12-5-8)11-13-10(14-17-11)3-7-1-2-16-6-7/h7-9,12,15H,1-6H2/t7?,8-,9+/m0/s1. The molecule has 1 aromatic heterocycles. The van der Waals surface area contributed by atoms with Crippen LogP contribution in [0, 0.1) is 5.92 Å². The van der Waals surface area contributed by atoms with Crippen LogP contribution in [-0.2, 0) is 11.2 Å². The summed E-state index contributed by atoms with van der Waals surface area (Å²) >= 11 is 0. The van der Waals surface area contributed by atoms with Crippen LogP contribution in [0.1, 0.15) is 30.6 Å². The van der Waals surface area contributed by atoms with Crippen molar-refractivity contribution in [3.05, 3.63) is 11.7 Å². The van der Waals surface area contributed by atoms with E-state index in [1.54, 1.807) is 0 Å². The normalized spacial score (nSPS) is 33.4. The molecule has 1 unspecified atom stereocenters. The van der Waals surface area contributed by atoms with E-state index in [1.165, 1.54) is 0 Å². The van der Waals surface area contributed by atoms with E-state index in [1.807, 2.05) is 0 Å². The number of nitrogens with zero attached hydrogens (tertiary/aromatic N) is 2. The Morgan fingerprint density at radius 2 is 2.41 bits per heavy atom. The van der Waals surface area contributed by atoms with Crippen LogP contribution in [0.25, 0.3) is 0 Å². The number of ether oxygens (including phenoxy) is 1. The topological polar surface area (TPSA) is 80.4 Å². The minimum absolute atomic E-state index is 0.00563. The van der Waals surface area contributed by atoms with Crippen molar-refractivity contribution in [2.75, 3.05) is 19.8 Å². The van der Waals surface area contributed by atoms with Crippen LogP contribution in [-0.4, -0.2) is 41.1 Å². The second-order valence-corrected chi connectivity index (χ2v) is 4.83. The first kappa shape index (κ1) is 11.1. The minimum atomic E-state index is -0.307. The lowest BCUT2D eigenvalue weighted by Crippen LogP contribution is -2.15. The highest BCUT2D eigenvalue weighted by Crippen LogP contribution is 2.23. The van der Waals surface area contributed by atoms with Gasteiger partial charge in [-0.2, -0.15) is 4.98 Å². The molecule has 0 aromatic carbocycles. The first-order valence-corrected chi connectivity index (χ1v) is 6.13. The summed E-state index contributed by atoms with van der Waals surface area (Å²) < 4.78 is 10.6. The van der Waals surface area contributed by atoms with E-state index in [-0.39, 0.29) is 12.1 Å². The summed E-state index contributed by atoms with van der Waals surface area (Å²) in [5, 5.41) is 16.6. The summed E-state index contributed by atoms with van der Waals surface area (Å²) in [7, 11) is 0. The molecule has 2 N–H and O–H groups in total. The van der Waals surface area contributed by atoms with Gasteiger partial charge >= 0.3 is 0 Å². The van der Waals surface area contributed by atoms with E-state index in [0.29, 0.717) is 24.8 Å². The van der Waals surface area contributed by atoms with Gasteiger partial charge < -0.3 is 19.7 Å². The Hall–Kier alpha value is -0.980. The lowest BCUT2D eigenvalue weighted by molar-refractivity contribution is 0.185. The van der Waals surface area contributed by atoms with Crippen LogP contribution in [0.2, 0.25) is 0 Å². The second kappa shape index (κ2) is 4.72. The third kappa shape index (κ3) is 2.48. The first-order valence-electron chi connectivity index (χ1n) is 6.13. The van der Waals surface area contributed by atoms with Crippen molar-refractivity contribution in [1.29, 1.82) is 0 Å². The quantitative estimate of drug-likeness (QED) is 0.775. The molecule has 0 amide bonds. The molecule has 17 heavy (non-hydrogen) atoms. The Balaban J connectivity index is 1.61. The fraction of sp³-hybridized carbons (Fsp3) is 0.818. The van der Waals surface area contributed by atoms with Crippen LogP contribution in [0.4, 0.5) is 0 Å². The van der Waals surface area contributed by atoms with Gasteiger partial charge in [-0.1, -0.05) is 5.16 Å². The summed E-state index contributed by atoms with van der Waals surface area (Å²) in [6.07, 6.45) is 2.23. The van der Waals surface area contributed by atoms with Gasteiger partial charge in [0.25, 0.3) is 0 Å². The van der Waals surface area contributed by atoms with Gasteiger partial charge in [-0.3, -0.25) is 0 Å².